The third-order valence-corrected chi connectivity index (χ3v) is 5.31. The Morgan fingerprint density at radius 1 is 1.50 bits per heavy atom. The summed E-state index contributed by atoms with van der Waals surface area (Å²) in [5.41, 5.74) is -0.917. The molecule has 1 aromatic rings. The molecule has 3 N–H and O–H groups in total. The second-order valence-corrected chi connectivity index (χ2v) is 8.60. The molecule has 1 aliphatic rings. The Balaban J connectivity index is 2.06. The number of H-pyrrole nitrogens is 1. The zero-order valence-corrected chi connectivity index (χ0v) is 16.8. The van der Waals surface area contributed by atoms with E-state index in [9.17, 15) is 14.2 Å². The predicted octanol–water partition coefficient (Wildman–Crippen LogP) is -1.50. The van der Waals surface area contributed by atoms with Crippen molar-refractivity contribution in [2.75, 3.05) is 6.61 Å². The molecular formula is C9H12HgN2O7P. The summed E-state index contributed by atoms with van der Waals surface area (Å²) in [5.74, 6) is 0. The number of hydrogen-bond acceptors (Lipinski definition) is 5. The summed E-state index contributed by atoms with van der Waals surface area (Å²) in [6.07, 6.45) is 1.47. The van der Waals surface area contributed by atoms with Crippen molar-refractivity contribution in [2.45, 2.75) is 25.2 Å². The van der Waals surface area contributed by atoms with Crippen LogP contribution in [0.3, 0.4) is 0 Å². The zero-order chi connectivity index (χ0) is 14.9. The summed E-state index contributed by atoms with van der Waals surface area (Å²) in [4.78, 5) is 42.5. The van der Waals surface area contributed by atoms with Crippen LogP contribution in [0.25, 0.3) is 0 Å². The molecule has 0 radical (unpaired) electrons. The second-order valence-electron chi connectivity index (χ2n) is 4.40. The van der Waals surface area contributed by atoms with E-state index in [-0.39, 0.29) is 38.3 Å². The summed E-state index contributed by atoms with van der Waals surface area (Å²) in [6.45, 7) is -0.240. The van der Waals surface area contributed by atoms with Gasteiger partial charge < -0.3 is 0 Å². The van der Waals surface area contributed by atoms with Crippen LogP contribution in [-0.4, -0.2) is 32.0 Å². The van der Waals surface area contributed by atoms with E-state index in [1.54, 1.807) is 0 Å². The molecule has 0 spiro atoms. The van der Waals surface area contributed by atoms with Crippen molar-refractivity contribution in [3.05, 3.63) is 27.0 Å². The van der Waals surface area contributed by atoms with Gasteiger partial charge in [0.25, 0.3) is 0 Å². The standard InChI is InChI=1S/C9H12N2O7P.Hg/c12-7-3-4-11(9(13)10-7)8-2-1-6(18-8)5-17-19(14,15)16;/h4,6,8H,1-2,5H2,(H,10,12,13)(H2,14,15,16);. The molecule has 20 heavy (non-hydrogen) atoms. The molecule has 1 aromatic heterocycles. The minimum absolute atomic E-state index is 0.0691. The fourth-order valence-corrected chi connectivity index (χ4v) is 3.40. The average molecular weight is 492 g/mol. The molecule has 0 saturated carbocycles. The van der Waals surface area contributed by atoms with E-state index in [1.165, 1.54) is 10.8 Å². The Bertz CT molecular complexity index is 650. The summed E-state index contributed by atoms with van der Waals surface area (Å²) < 4.78 is 22.4. The van der Waals surface area contributed by atoms with Gasteiger partial charge in [-0.05, 0) is 0 Å². The summed E-state index contributed by atoms with van der Waals surface area (Å²) in [6, 6.07) is 0. The molecule has 0 aliphatic carbocycles. The van der Waals surface area contributed by atoms with Gasteiger partial charge in [-0.25, -0.2) is 0 Å². The molecule has 9 nitrogen and oxygen atoms in total. The van der Waals surface area contributed by atoms with Gasteiger partial charge in [0.05, 0.1) is 0 Å². The van der Waals surface area contributed by atoms with Crippen molar-refractivity contribution in [3.8, 4) is 0 Å². The van der Waals surface area contributed by atoms with Crippen LogP contribution >= 0.6 is 7.82 Å². The van der Waals surface area contributed by atoms with Crippen molar-refractivity contribution in [3.63, 3.8) is 0 Å². The monoisotopic (exact) mass is 493 g/mol. The van der Waals surface area contributed by atoms with E-state index >= 15 is 0 Å². The van der Waals surface area contributed by atoms with E-state index in [4.69, 9.17) is 14.5 Å². The quantitative estimate of drug-likeness (QED) is 0.345. The maximum atomic E-state index is 11.7. The van der Waals surface area contributed by atoms with Crippen LogP contribution in [0.5, 0.6) is 0 Å². The normalized spacial score (nSPS) is 23.2. The van der Waals surface area contributed by atoms with Crippen LogP contribution in [0.4, 0.5) is 0 Å². The Kier molecular flexibility index (Phi) is 4.98. The summed E-state index contributed by atoms with van der Waals surface area (Å²) in [5, 5.41) is 0. The molecule has 2 atom stereocenters. The van der Waals surface area contributed by atoms with E-state index in [2.05, 4.69) is 9.51 Å². The first-order valence-corrected chi connectivity index (χ1v) is 10.1. The fourth-order valence-electron chi connectivity index (χ4n) is 1.94. The van der Waals surface area contributed by atoms with Crippen LogP contribution in [0.1, 0.15) is 19.1 Å². The number of aromatic amines is 1. The molecular weight excluding hydrogens is 480 g/mol. The minimum atomic E-state index is -4.52. The van der Waals surface area contributed by atoms with Gasteiger partial charge in [-0.3, -0.25) is 0 Å². The molecule has 1 saturated heterocycles. The van der Waals surface area contributed by atoms with Gasteiger partial charge in [-0.15, -0.1) is 0 Å². The van der Waals surface area contributed by atoms with Crippen molar-refractivity contribution in [1.82, 2.24) is 9.55 Å². The Morgan fingerprint density at radius 3 is 2.85 bits per heavy atom. The number of aromatic nitrogens is 2. The molecule has 2 rings (SSSR count). The van der Waals surface area contributed by atoms with Crippen LogP contribution in [-0.2, 0) is 39.9 Å². The van der Waals surface area contributed by atoms with Crippen LogP contribution in [0.2, 0.25) is 0 Å². The number of nitrogens with one attached hydrogen (secondary N) is 1. The van der Waals surface area contributed by atoms with Crippen LogP contribution in [0, 0.1) is 0 Å². The van der Waals surface area contributed by atoms with Gasteiger partial charge in [0.2, 0.25) is 0 Å². The molecule has 11 heteroatoms. The van der Waals surface area contributed by atoms with Crippen molar-refractivity contribution in [1.29, 1.82) is 0 Å². The Labute approximate surface area is 129 Å². The van der Waals surface area contributed by atoms with Gasteiger partial charge in [-0.1, -0.05) is 0 Å². The van der Waals surface area contributed by atoms with Gasteiger partial charge in [0.15, 0.2) is 0 Å². The van der Waals surface area contributed by atoms with Crippen molar-refractivity contribution >= 4 is 10.9 Å². The molecule has 0 amide bonds. The Morgan fingerprint density at radius 2 is 2.20 bits per heavy atom. The van der Waals surface area contributed by atoms with E-state index in [1.807, 2.05) is 0 Å². The van der Waals surface area contributed by atoms with Gasteiger partial charge in [-0.2, -0.15) is 0 Å². The topological polar surface area (TPSA) is 131 Å². The Hall–Kier alpha value is -0.315. The molecule has 0 aromatic carbocycles. The number of ether oxygens (including phenoxy) is 1. The predicted molar refractivity (Wildman–Crippen MR) is 62.1 cm³/mol. The fraction of sp³-hybridized carbons (Fsp3) is 0.556. The number of phosphoric acid groups is 1. The van der Waals surface area contributed by atoms with E-state index in [0.29, 0.717) is 15.9 Å². The van der Waals surface area contributed by atoms with E-state index in [0.717, 1.165) is 0 Å². The SMILES string of the molecule is O=c1[nH]c(=O)n(C2CCC(COP(=O)(O)O)O2)c[c]1[Hg]. The molecule has 2 heterocycles. The second kappa shape index (κ2) is 6.21. The molecule has 1 fully saturated rings. The number of phosphoric ester groups is 1. The first-order chi connectivity index (χ1) is 9.26. The maximum absolute atomic E-state index is 11.7. The number of nitrogens with zero attached hydrogens (tertiary/aromatic N) is 1. The summed E-state index contributed by atoms with van der Waals surface area (Å²) in [7, 11) is -4.52. The summed E-state index contributed by atoms with van der Waals surface area (Å²) >= 11 is 0.0691. The van der Waals surface area contributed by atoms with Crippen molar-refractivity contribution < 1.29 is 49.7 Å². The third kappa shape index (κ3) is 4.09. The molecule has 1 aliphatic heterocycles. The molecule has 107 valence electrons. The average Bonchev–Trinajstić information content (AvgIpc) is 2.79. The number of rotatable bonds is 4. The van der Waals surface area contributed by atoms with Crippen LogP contribution in [0.15, 0.2) is 15.8 Å². The zero-order valence-electron chi connectivity index (χ0n) is 10.4. The van der Waals surface area contributed by atoms with Gasteiger partial charge in [0, 0.05) is 0 Å². The van der Waals surface area contributed by atoms with Crippen LogP contribution < -0.4 is 14.3 Å². The first kappa shape index (κ1) is 16.1. The molecule has 0 bridgehead atoms. The first-order valence-electron chi connectivity index (χ1n) is 5.79. The van der Waals surface area contributed by atoms with Gasteiger partial charge in [0.1, 0.15) is 0 Å². The van der Waals surface area contributed by atoms with Gasteiger partial charge >= 0.3 is 129 Å². The number of hydrogen-bond donors (Lipinski definition) is 3. The third-order valence-electron chi connectivity index (χ3n) is 2.87. The van der Waals surface area contributed by atoms with Crippen molar-refractivity contribution in [2.24, 2.45) is 0 Å². The molecule has 2 unspecified atom stereocenters. The van der Waals surface area contributed by atoms with E-state index < -0.39 is 25.8 Å².